The molecule has 3 N–H and O–H groups in total. The maximum absolute atomic E-state index is 13.2. The van der Waals surface area contributed by atoms with Crippen molar-refractivity contribution in [1.29, 1.82) is 0 Å². The second-order valence-electron chi connectivity index (χ2n) is 7.49. The molecular weight excluding hydrogens is 438 g/mol. The molecule has 0 saturated heterocycles. The molecule has 0 aliphatic rings. The average Bonchev–Trinajstić information content (AvgIpc) is 2.81. The number of amides is 1. The second-order valence-corrected chi connectivity index (χ2v) is 7.49. The van der Waals surface area contributed by atoms with Crippen molar-refractivity contribution in [2.45, 2.75) is 26.7 Å². The smallest absolute Gasteiger partial charge is 0.321 e. The van der Waals surface area contributed by atoms with Gasteiger partial charge in [0.1, 0.15) is 17.2 Å². The predicted molar refractivity (Wildman–Crippen MR) is 129 cm³/mol. The summed E-state index contributed by atoms with van der Waals surface area (Å²) in [6, 6.07) is 10.3. The lowest BCUT2D eigenvalue weighted by atomic mass is 9.98. The van der Waals surface area contributed by atoms with E-state index in [9.17, 15) is 14.4 Å². The Balaban J connectivity index is 2.05. The topological polar surface area (TPSA) is 135 Å². The first-order valence-corrected chi connectivity index (χ1v) is 10.7. The molecule has 1 amide bonds. The Morgan fingerprint density at radius 3 is 2.44 bits per heavy atom. The van der Waals surface area contributed by atoms with Crippen LogP contribution in [-0.4, -0.2) is 48.3 Å². The number of fused-ring (bicyclic) bond motifs is 1. The van der Waals surface area contributed by atoms with Crippen LogP contribution in [0.15, 0.2) is 46.3 Å². The lowest BCUT2D eigenvalue weighted by molar-refractivity contribution is -0.141. The third-order valence-electron chi connectivity index (χ3n) is 5.21. The molecule has 178 valence electrons. The minimum Gasteiger partial charge on any atom is -0.494 e. The number of ether oxygens (including phenoxy) is 2. The van der Waals surface area contributed by atoms with Gasteiger partial charge in [-0.2, -0.15) is 5.10 Å². The predicted octanol–water partition coefficient (Wildman–Crippen LogP) is 2.41. The summed E-state index contributed by atoms with van der Waals surface area (Å²) in [4.78, 5) is 46.0. The molecule has 10 heteroatoms. The second kappa shape index (κ2) is 10.6. The fourth-order valence-electron chi connectivity index (χ4n) is 3.39. The molecule has 1 atom stereocenters. The molecule has 0 radical (unpaired) electrons. The minimum atomic E-state index is -1.46. The van der Waals surface area contributed by atoms with Crippen molar-refractivity contribution in [2.24, 2.45) is 5.10 Å². The zero-order valence-electron chi connectivity index (χ0n) is 19.7. The lowest BCUT2D eigenvalue weighted by Crippen LogP contribution is -2.38. The normalized spacial score (nSPS) is 12.2. The highest BCUT2D eigenvalue weighted by Crippen LogP contribution is 2.21. The number of hydrogen-bond donors (Lipinski definition) is 3. The van der Waals surface area contributed by atoms with Gasteiger partial charge in [-0.25, -0.2) is 4.98 Å². The van der Waals surface area contributed by atoms with Gasteiger partial charge in [-0.15, -0.1) is 0 Å². The monoisotopic (exact) mass is 465 g/mol. The number of aromatic amines is 1. The molecule has 10 nitrogen and oxygen atoms in total. The number of hydrogen-bond acceptors (Lipinski definition) is 8. The van der Waals surface area contributed by atoms with Crippen LogP contribution in [0, 0.1) is 13.8 Å². The van der Waals surface area contributed by atoms with Crippen LogP contribution < -0.4 is 21.0 Å². The number of nitrogens with zero attached hydrogens (tertiary/aromatic N) is 2. The molecule has 3 aromatic rings. The molecular formula is C24H27N5O5. The Bertz CT molecular complexity index is 1300. The number of carbonyl (C=O) groups is 2. The third kappa shape index (κ3) is 5.22. The highest BCUT2D eigenvalue weighted by Gasteiger charge is 2.36. The number of nitrogens with one attached hydrogen (secondary N) is 3. The van der Waals surface area contributed by atoms with Crippen LogP contribution in [0.4, 0.5) is 5.69 Å². The standard InChI is InChI=1S/C24H27N5O5/c1-6-34-16-9-7-15(8-10-16)26-23(31)21(29-25-4)19(24(32)33-5)20-22(30)28-18-12-14(3)13(2)11-17(18)27-20/h7-12,19,25H,6H2,1-5H3,(H,26,31)(H,28,30). The Hall–Kier alpha value is -4.21. The molecule has 1 aromatic heterocycles. The van der Waals surface area contributed by atoms with E-state index in [1.165, 1.54) is 14.2 Å². The summed E-state index contributed by atoms with van der Waals surface area (Å²) < 4.78 is 10.3. The summed E-state index contributed by atoms with van der Waals surface area (Å²) in [5.74, 6) is -2.36. The van der Waals surface area contributed by atoms with E-state index in [4.69, 9.17) is 9.47 Å². The van der Waals surface area contributed by atoms with Crippen molar-refractivity contribution < 1.29 is 19.1 Å². The Morgan fingerprint density at radius 2 is 1.82 bits per heavy atom. The first-order valence-electron chi connectivity index (χ1n) is 10.7. The molecule has 2 aromatic carbocycles. The van der Waals surface area contributed by atoms with Crippen molar-refractivity contribution in [3.63, 3.8) is 0 Å². The van der Waals surface area contributed by atoms with Gasteiger partial charge in [0.2, 0.25) is 0 Å². The zero-order chi connectivity index (χ0) is 24.8. The van der Waals surface area contributed by atoms with Crippen LogP contribution in [-0.2, 0) is 14.3 Å². The number of anilines is 1. The Labute approximate surface area is 196 Å². The molecule has 0 aliphatic heterocycles. The first-order chi connectivity index (χ1) is 16.3. The lowest BCUT2D eigenvalue weighted by Gasteiger charge is -2.17. The van der Waals surface area contributed by atoms with Crippen LogP contribution in [0.1, 0.15) is 29.7 Å². The van der Waals surface area contributed by atoms with Crippen molar-refractivity contribution >= 4 is 34.3 Å². The van der Waals surface area contributed by atoms with Crippen molar-refractivity contribution in [2.75, 3.05) is 26.1 Å². The summed E-state index contributed by atoms with van der Waals surface area (Å²) in [6.45, 7) is 6.21. The van der Waals surface area contributed by atoms with Gasteiger partial charge in [-0.05, 0) is 68.3 Å². The summed E-state index contributed by atoms with van der Waals surface area (Å²) in [7, 11) is 2.64. The molecule has 3 rings (SSSR count). The molecule has 0 saturated carbocycles. The van der Waals surface area contributed by atoms with Gasteiger partial charge in [0, 0.05) is 12.7 Å². The van der Waals surface area contributed by atoms with Gasteiger partial charge in [0.05, 0.1) is 24.8 Å². The number of hydrazone groups is 1. The van der Waals surface area contributed by atoms with Crippen molar-refractivity contribution in [3.05, 3.63) is 63.6 Å². The number of rotatable bonds is 8. The molecule has 0 aliphatic carbocycles. The van der Waals surface area contributed by atoms with E-state index >= 15 is 0 Å². The van der Waals surface area contributed by atoms with E-state index in [0.29, 0.717) is 29.1 Å². The quantitative estimate of drug-likeness (QED) is 0.264. The molecule has 1 unspecified atom stereocenters. The van der Waals surface area contributed by atoms with Crippen molar-refractivity contribution in [3.8, 4) is 5.75 Å². The van der Waals surface area contributed by atoms with Gasteiger partial charge in [0.25, 0.3) is 11.5 Å². The van der Waals surface area contributed by atoms with E-state index < -0.39 is 23.4 Å². The largest absolute Gasteiger partial charge is 0.494 e. The maximum atomic E-state index is 13.2. The van der Waals surface area contributed by atoms with E-state index in [1.807, 2.05) is 20.8 Å². The van der Waals surface area contributed by atoms with Gasteiger partial charge < -0.3 is 25.2 Å². The summed E-state index contributed by atoms with van der Waals surface area (Å²) >= 11 is 0. The van der Waals surface area contributed by atoms with Gasteiger partial charge >= 0.3 is 5.97 Å². The fraction of sp³-hybridized carbons (Fsp3) is 0.292. The van der Waals surface area contributed by atoms with Crippen LogP contribution in [0.2, 0.25) is 0 Å². The Morgan fingerprint density at radius 1 is 1.15 bits per heavy atom. The van der Waals surface area contributed by atoms with Gasteiger partial charge in [-0.1, -0.05) is 0 Å². The van der Waals surface area contributed by atoms with Gasteiger partial charge in [-0.3, -0.25) is 14.4 Å². The number of aromatic nitrogens is 2. The van der Waals surface area contributed by atoms with Crippen LogP contribution in [0.5, 0.6) is 5.75 Å². The fourth-order valence-corrected chi connectivity index (χ4v) is 3.39. The average molecular weight is 466 g/mol. The number of methoxy groups -OCH3 is 1. The zero-order valence-corrected chi connectivity index (χ0v) is 19.7. The summed E-state index contributed by atoms with van der Waals surface area (Å²) in [5.41, 5.74) is 4.82. The Kier molecular flexibility index (Phi) is 7.62. The van der Waals surface area contributed by atoms with E-state index in [-0.39, 0.29) is 11.4 Å². The molecule has 34 heavy (non-hydrogen) atoms. The SMILES string of the molecule is CCOc1ccc(NC(=O)C(=NNC)C(C(=O)OC)c2nc3cc(C)c(C)cc3[nH]c2=O)cc1. The molecule has 1 heterocycles. The van der Waals surface area contributed by atoms with Gasteiger partial charge in [0.15, 0.2) is 5.92 Å². The highest BCUT2D eigenvalue weighted by molar-refractivity contribution is 6.47. The number of esters is 1. The summed E-state index contributed by atoms with van der Waals surface area (Å²) in [5, 5.41) is 6.69. The third-order valence-corrected chi connectivity index (χ3v) is 5.21. The number of H-pyrrole nitrogens is 1. The van der Waals surface area contributed by atoms with Crippen LogP contribution in [0.3, 0.4) is 0 Å². The van der Waals surface area contributed by atoms with Crippen LogP contribution >= 0.6 is 0 Å². The van der Waals surface area contributed by atoms with E-state index in [2.05, 4.69) is 25.8 Å². The van der Waals surface area contributed by atoms with E-state index in [0.717, 1.165) is 11.1 Å². The van der Waals surface area contributed by atoms with E-state index in [1.54, 1.807) is 36.4 Å². The van der Waals surface area contributed by atoms with Crippen molar-refractivity contribution in [1.82, 2.24) is 15.4 Å². The van der Waals surface area contributed by atoms with Crippen LogP contribution in [0.25, 0.3) is 11.0 Å². The summed E-state index contributed by atoms with van der Waals surface area (Å²) in [6.07, 6.45) is 0. The first kappa shape index (κ1) is 24.4. The highest BCUT2D eigenvalue weighted by atomic mass is 16.5. The minimum absolute atomic E-state index is 0.196. The number of aryl methyl sites for hydroxylation is 2. The molecule has 0 fully saturated rings. The number of carbonyl (C=O) groups excluding carboxylic acids is 2. The molecule has 0 spiro atoms. The molecule has 0 bridgehead atoms. The number of benzene rings is 2. The maximum Gasteiger partial charge on any atom is 0.321 e.